The second kappa shape index (κ2) is 5.85. The van der Waals surface area contributed by atoms with E-state index in [1.165, 1.54) is 16.8 Å². The van der Waals surface area contributed by atoms with Gasteiger partial charge < -0.3 is 14.8 Å². The third-order valence-corrected chi connectivity index (χ3v) is 3.96. The van der Waals surface area contributed by atoms with Gasteiger partial charge in [-0.3, -0.25) is 0 Å². The smallest absolute Gasteiger partial charge is 0.152 e. The number of aryl methyl sites for hydroxylation is 1. The van der Waals surface area contributed by atoms with E-state index >= 15 is 0 Å². The molecule has 2 aromatic rings. The minimum Gasteiger partial charge on any atom is -0.362 e. The minimum absolute atomic E-state index is 0.512. The van der Waals surface area contributed by atoms with Gasteiger partial charge in [0, 0.05) is 31.4 Å². The van der Waals surface area contributed by atoms with E-state index in [0.717, 1.165) is 32.0 Å². The molecule has 0 saturated heterocycles. The molecule has 0 bridgehead atoms. The van der Waals surface area contributed by atoms with Crippen LogP contribution in [0.2, 0.25) is 0 Å². The molecule has 5 heteroatoms. The zero-order chi connectivity index (χ0) is 14.8. The molecule has 0 aliphatic carbocycles. The topological polar surface area (TPSA) is 46.0 Å². The maximum atomic E-state index is 4.19. The number of nitrogens with one attached hydrogen (secondary N) is 1. The summed E-state index contributed by atoms with van der Waals surface area (Å²) in [5, 5.41) is 11.6. The molecule has 0 atom stereocenters. The first kappa shape index (κ1) is 14.1. The molecule has 21 heavy (non-hydrogen) atoms. The van der Waals surface area contributed by atoms with Crippen molar-refractivity contribution in [1.82, 2.24) is 20.1 Å². The third-order valence-electron chi connectivity index (χ3n) is 3.96. The van der Waals surface area contributed by atoms with E-state index in [1.807, 2.05) is 6.33 Å². The molecule has 3 rings (SSSR count). The standard InChI is InChI=1S/C16H23N5/c1-12(2)17-9-14-4-5-15(13(3)8-14)20-6-7-21-11-18-19-16(21)10-20/h4-5,8,11-12,17H,6-7,9-10H2,1-3H3. The monoisotopic (exact) mass is 285 g/mol. The number of anilines is 1. The summed E-state index contributed by atoms with van der Waals surface area (Å²) >= 11 is 0. The van der Waals surface area contributed by atoms with Crippen molar-refractivity contribution < 1.29 is 0 Å². The second-order valence-electron chi connectivity index (χ2n) is 6.02. The van der Waals surface area contributed by atoms with Gasteiger partial charge in [-0.2, -0.15) is 0 Å². The van der Waals surface area contributed by atoms with Crippen LogP contribution in [0.25, 0.3) is 0 Å². The highest BCUT2D eigenvalue weighted by molar-refractivity contribution is 5.54. The van der Waals surface area contributed by atoms with Gasteiger partial charge in [-0.15, -0.1) is 10.2 Å². The normalized spacial score (nSPS) is 14.6. The van der Waals surface area contributed by atoms with Gasteiger partial charge in [0.1, 0.15) is 6.33 Å². The van der Waals surface area contributed by atoms with Gasteiger partial charge in [0.05, 0.1) is 6.54 Å². The average Bonchev–Trinajstić information content (AvgIpc) is 2.92. The first-order valence-corrected chi connectivity index (χ1v) is 7.58. The minimum atomic E-state index is 0.512. The van der Waals surface area contributed by atoms with E-state index in [9.17, 15) is 0 Å². The van der Waals surface area contributed by atoms with Crippen molar-refractivity contribution in [3.63, 3.8) is 0 Å². The fraction of sp³-hybridized carbons (Fsp3) is 0.500. The summed E-state index contributed by atoms with van der Waals surface area (Å²) in [6.07, 6.45) is 1.82. The first-order chi connectivity index (χ1) is 10.1. The predicted octanol–water partition coefficient (Wildman–Crippen LogP) is 2.10. The number of fused-ring (bicyclic) bond motifs is 1. The molecule has 1 N–H and O–H groups in total. The third kappa shape index (κ3) is 3.08. The summed E-state index contributed by atoms with van der Waals surface area (Å²) in [5.74, 6) is 1.05. The summed E-state index contributed by atoms with van der Waals surface area (Å²) in [4.78, 5) is 2.39. The first-order valence-electron chi connectivity index (χ1n) is 7.58. The molecule has 0 radical (unpaired) electrons. The van der Waals surface area contributed by atoms with Gasteiger partial charge in [0.25, 0.3) is 0 Å². The van der Waals surface area contributed by atoms with Crippen LogP contribution in [0, 0.1) is 6.92 Å². The van der Waals surface area contributed by atoms with Gasteiger partial charge in [0.15, 0.2) is 5.82 Å². The molecule has 1 aromatic heterocycles. The zero-order valence-electron chi connectivity index (χ0n) is 13.0. The highest BCUT2D eigenvalue weighted by atomic mass is 15.3. The van der Waals surface area contributed by atoms with Crippen LogP contribution in [0.4, 0.5) is 5.69 Å². The van der Waals surface area contributed by atoms with Crippen molar-refractivity contribution >= 4 is 5.69 Å². The quantitative estimate of drug-likeness (QED) is 0.934. The molecular formula is C16H23N5. The Balaban J connectivity index is 1.74. The van der Waals surface area contributed by atoms with Crippen molar-refractivity contribution in [2.45, 2.75) is 46.4 Å². The molecule has 0 spiro atoms. The summed E-state index contributed by atoms with van der Waals surface area (Å²) in [7, 11) is 0. The zero-order valence-corrected chi connectivity index (χ0v) is 13.0. The Morgan fingerprint density at radius 2 is 2.14 bits per heavy atom. The number of rotatable bonds is 4. The van der Waals surface area contributed by atoms with Crippen molar-refractivity contribution in [2.75, 3.05) is 11.4 Å². The van der Waals surface area contributed by atoms with Crippen LogP contribution in [0.3, 0.4) is 0 Å². The molecule has 112 valence electrons. The van der Waals surface area contributed by atoms with E-state index in [2.05, 4.69) is 64.0 Å². The SMILES string of the molecule is Cc1cc(CNC(C)C)ccc1N1CCn2cnnc2C1. The fourth-order valence-electron chi connectivity index (χ4n) is 2.78. The van der Waals surface area contributed by atoms with E-state index in [0.29, 0.717) is 6.04 Å². The molecule has 2 heterocycles. The van der Waals surface area contributed by atoms with Crippen molar-refractivity contribution in [3.8, 4) is 0 Å². The molecule has 1 aromatic carbocycles. The molecule has 1 aliphatic heterocycles. The molecule has 1 aliphatic rings. The number of hydrogen-bond acceptors (Lipinski definition) is 4. The van der Waals surface area contributed by atoms with Crippen LogP contribution in [0.5, 0.6) is 0 Å². The van der Waals surface area contributed by atoms with Crippen LogP contribution in [0.1, 0.15) is 30.8 Å². The fourth-order valence-corrected chi connectivity index (χ4v) is 2.78. The van der Waals surface area contributed by atoms with Crippen LogP contribution in [-0.4, -0.2) is 27.4 Å². The lowest BCUT2D eigenvalue weighted by Crippen LogP contribution is -2.34. The molecule has 0 saturated carbocycles. The molecule has 0 fully saturated rings. The molecule has 0 unspecified atom stereocenters. The van der Waals surface area contributed by atoms with Crippen LogP contribution in [-0.2, 0) is 19.6 Å². The van der Waals surface area contributed by atoms with Crippen molar-refractivity contribution in [2.24, 2.45) is 0 Å². The van der Waals surface area contributed by atoms with Crippen LogP contribution in [0.15, 0.2) is 24.5 Å². The lowest BCUT2D eigenvalue weighted by atomic mass is 10.1. The summed E-state index contributed by atoms with van der Waals surface area (Å²) < 4.78 is 2.13. The molecular weight excluding hydrogens is 262 g/mol. The van der Waals surface area contributed by atoms with Gasteiger partial charge in [-0.1, -0.05) is 26.0 Å². The van der Waals surface area contributed by atoms with Gasteiger partial charge in [0.2, 0.25) is 0 Å². The van der Waals surface area contributed by atoms with Crippen molar-refractivity contribution in [1.29, 1.82) is 0 Å². The van der Waals surface area contributed by atoms with Crippen molar-refractivity contribution in [3.05, 3.63) is 41.5 Å². The van der Waals surface area contributed by atoms with Crippen LogP contribution >= 0.6 is 0 Å². The number of aromatic nitrogens is 3. The molecule has 0 amide bonds. The Bertz CT molecular complexity index is 617. The van der Waals surface area contributed by atoms with Gasteiger partial charge in [-0.05, 0) is 24.1 Å². The lowest BCUT2D eigenvalue weighted by molar-refractivity contribution is 0.559. The summed E-state index contributed by atoms with van der Waals surface area (Å²) in [5.41, 5.74) is 3.97. The Morgan fingerprint density at radius 1 is 1.29 bits per heavy atom. The van der Waals surface area contributed by atoms with E-state index in [4.69, 9.17) is 0 Å². The lowest BCUT2D eigenvalue weighted by Gasteiger charge is -2.30. The largest absolute Gasteiger partial charge is 0.362 e. The van der Waals surface area contributed by atoms with Gasteiger partial charge >= 0.3 is 0 Å². The summed E-state index contributed by atoms with van der Waals surface area (Å²) in [6, 6.07) is 7.25. The maximum Gasteiger partial charge on any atom is 0.152 e. The average molecular weight is 285 g/mol. The number of benzene rings is 1. The highest BCUT2D eigenvalue weighted by Gasteiger charge is 2.18. The summed E-state index contributed by atoms with van der Waals surface area (Å²) in [6.45, 7) is 10.3. The van der Waals surface area contributed by atoms with Crippen LogP contribution < -0.4 is 10.2 Å². The number of nitrogens with zero attached hydrogens (tertiary/aromatic N) is 4. The van der Waals surface area contributed by atoms with Gasteiger partial charge in [-0.25, -0.2) is 0 Å². The Kier molecular flexibility index (Phi) is 3.92. The van der Waals surface area contributed by atoms with E-state index in [-0.39, 0.29) is 0 Å². The predicted molar refractivity (Wildman–Crippen MR) is 84.2 cm³/mol. The Hall–Kier alpha value is -1.88. The Morgan fingerprint density at radius 3 is 2.90 bits per heavy atom. The highest BCUT2D eigenvalue weighted by Crippen LogP contribution is 2.24. The molecule has 5 nitrogen and oxygen atoms in total. The van der Waals surface area contributed by atoms with E-state index in [1.54, 1.807) is 0 Å². The Labute approximate surface area is 126 Å². The number of hydrogen-bond donors (Lipinski definition) is 1. The second-order valence-corrected chi connectivity index (χ2v) is 6.02. The maximum absolute atomic E-state index is 4.19. The van der Waals surface area contributed by atoms with E-state index < -0.39 is 0 Å².